The van der Waals surface area contributed by atoms with Crippen LogP contribution >= 0.6 is 11.6 Å². The Morgan fingerprint density at radius 1 is 1.05 bits per heavy atom. The highest BCUT2D eigenvalue weighted by Crippen LogP contribution is 2.26. The summed E-state index contributed by atoms with van der Waals surface area (Å²) >= 11 is 6.11. The second-order valence-corrected chi connectivity index (χ2v) is 4.69. The van der Waals surface area contributed by atoms with Gasteiger partial charge in [-0.1, -0.05) is 29.8 Å². The van der Waals surface area contributed by atoms with Gasteiger partial charge in [-0.3, -0.25) is 0 Å². The van der Waals surface area contributed by atoms with Crippen LogP contribution in [0.15, 0.2) is 48.5 Å². The van der Waals surface area contributed by atoms with E-state index < -0.39 is 0 Å². The van der Waals surface area contributed by atoms with Gasteiger partial charge < -0.3 is 14.8 Å². The van der Waals surface area contributed by atoms with Crippen LogP contribution in [0, 0.1) is 0 Å². The van der Waals surface area contributed by atoms with Crippen molar-refractivity contribution in [1.29, 1.82) is 0 Å². The highest BCUT2D eigenvalue weighted by Gasteiger charge is 2.01. The van der Waals surface area contributed by atoms with Gasteiger partial charge in [0.25, 0.3) is 0 Å². The first-order valence-corrected chi connectivity index (χ1v) is 6.92. The Morgan fingerprint density at radius 3 is 2.60 bits per heavy atom. The molecule has 20 heavy (non-hydrogen) atoms. The van der Waals surface area contributed by atoms with Crippen molar-refractivity contribution in [2.45, 2.75) is 6.42 Å². The van der Waals surface area contributed by atoms with E-state index in [1.165, 1.54) is 0 Å². The Morgan fingerprint density at radius 2 is 1.85 bits per heavy atom. The van der Waals surface area contributed by atoms with Gasteiger partial charge in [-0.25, -0.2) is 0 Å². The molecule has 1 N–H and O–H groups in total. The molecule has 3 nitrogen and oxygen atoms in total. The number of methoxy groups -OCH3 is 1. The molecule has 0 bridgehead atoms. The molecule has 106 valence electrons. The topological polar surface area (TPSA) is 30.5 Å². The lowest BCUT2D eigenvalue weighted by Crippen LogP contribution is -2.07. The average molecular weight is 292 g/mol. The summed E-state index contributed by atoms with van der Waals surface area (Å²) in [6.07, 6.45) is 0.891. The SMILES string of the molecule is COc1ccc(Cl)c(NCCCOc2ccccc2)c1. The van der Waals surface area contributed by atoms with E-state index in [0.29, 0.717) is 11.6 Å². The normalized spacial score (nSPS) is 10.1. The third-order valence-electron chi connectivity index (χ3n) is 2.82. The molecule has 0 saturated carbocycles. The Kier molecular flexibility index (Phi) is 5.56. The zero-order chi connectivity index (χ0) is 14.2. The van der Waals surface area contributed by atoms with E-state index in [9.17, 15) is 0 Å². The fourth-order valence-corrected chi connectivity index (χ4v) is 1.95. The monoisotopic (exact) mass is 291 g/mol. The summed E-state index contributed by atoms with van der Waals surface area (Å²) in [5.41, 5.74) is 0.880. The van der Waals surface area contributed by atoms with Crippen molar-refractivity contribution >= 4 is 17.3 Å². The zero-order valence-corrected chi connectivity index (χ0v) is 12.2. The van der Waals surface area contributed by atoms with Crippen LogP contribution in [0.25, 0.3) is 0 Å². The fourth-order valence-electron chi connectivity index (χ4n) is 1.77. The molecule has 0 aliphatic rings. The largest absolute Gasteiger partial charge is 0.497 e. The minimum Gasteiger partial charge on any atom is -0.497 e. The molecule has 0 unspecified atom stereocenters. The third-order valence-corrected chi connectivity index (χ3v) is 3.15. The smallest absolute Gasteiger partial charge is 0.121 e. The third kappa shape index (κ3) is 4.35. The quantitative estimate of drug-likeness (QED) is 0.774. The summed E-state index contributed by atoms with van der Waals surface area (Å²) in [5, 5.41) is 3.97. The maximum atomic E-state index is 6.11. The molecule has 0 saturated heterocycles. The van der Waals surface area contributed by atoms with Crippen molar-refractivity contribution < 1.29 is 9.47 Å². The predicted molar refractivity (Wildman–Crippen MR) is 83.0 cm³/mol. The summed E-state index contributed by atoms with van der Waals surface area (Å²) < 4.78 is 10.8. The van der Waals surface area contributed by atoms with Crippen molar-refractivity contribution in [2.24, 2.45) is 0 Å². The first-order valence-electron chi connectivity index (χ1n) is 6.55. The second kappa shape index (κ2) is 7.65. The standard InChI is InChI=1S/C16H18ClNO2/c1-19-14-8-9-15(17)16(12-14)18-10-5-11-20-13-6-3-2-4-7-13/h2-4,6-9,12,18H,5,10-11H2,1H3. The maximum Gasteiger partial charge on any atom is 0.121 e. The minimum absolute atomic E-state index is 0.665. The minimum atomic E-state index is 0.665. The molecule has 0 aliphatic carbocycles. The van der Waals surface area contributed by atoms with Crippen LogP contribution < -0.4 is 14.8 Å². The highest BCUT2D eigenvalue weighted by atomic mass is 35.5. The van der Waals surface area contributed by atoms with E-state index in [0.717, 1.165) is 30.2 Å². The molecule has 2 rings (SSSR count). The van der Waals surface area contributed by atoms with E-state index in [2.05, 4.69) is 5.32 Å². The fraction of sp³-hybridized carbons (Fsp3) is 0.250. The molecule has 2 aromatic rings. The van der Waals surface area contributed by atoms with Crippen molar-refractivity contribution in [2.75, 3.05) is 25.6 Å². The molecule has 2 aromatic carbocycles. The lowest BCUT2D eigenvalue weighted by molar-refractivity contribution is 0.315. The number of ether oxygens (including phenoxy) is 2. The van der Waals surface area contributed by atoms with Gasteiger partial charge >= 0.3 is 0 Å². The molecular weight excluding hydrogens is 274 g/mol. The summed E-state index contributed by atoms with van der Waals surface area (Å²) in [5.74, 6) is 1.68. The average Bonchev–Trinajstić information content (AvgIpc) is 2.50. The number of rotatable bonds is 7. The van der Waals surface area contributed by atoms with Crippen LogP contribution in [0.5, 0.6) is 11.5 Å². The Labute approximate surface area is 124 Å². The first-order chi connectivity index (χ1) is 9.79. The lowest BCUT2D eigenvalue weighted by atomic mass is 10.3. The Hall–Kier alpha value is -1.87. The molecular formula is C16H18ClNO2. The van der Waals surface area contributed by atoms with Gasteiger partial charge in [-0.05, 0) is 30.7 Å². The molecule has 0 amide bonds. The number of nitrogens with one attached hydrogen (secondary N) is 1. The van der Waals surface area contributed by atoms with Gasteiger partial charge in [-0.15, -0.1) is 0 Å². The zero-order valence-electron chi connectivity index (χ0n) is 11.4. The number of anilines is 1. The van der Waals surface area contributed by atoms with Crippen LogP contribution in [0.4, 0.5) is 5.69 Å². The number of benzene rings is 2. The number of hydrogen-bond donors (Lipinski definition) is 1. The summed E-state index contributed by atoms with van der Waals surface area (Å²) in [7, 11) is 1.64. The molecule has 0 radical (unpaired) electrons. The van der Waals surface area contributed by atoms with E-state index >= 15 is 0 Å². The van der Waals surface area contributed by atoms with Gasteiger partial charge in [0.05, 0.1) is 24.4 Å². The molecule has 0 fully saturated rings. The van der Waals surface area contributed by atoms with Crippen LogP contribution in [-0.4, -0.2) is 20.3 Å². The van der Waals surface area contributed by atoms with E-state index in [-0.39, 0.29) is 0 Å². The summed E-state index contributed by atoms with van der Waals surface area (Å²) in [6, 6.07) is 15.3. The summed E-state index contributed by atoms with van der Waals surface area (Å²) in [6.45, 7) is 1.46. The first kappa shape index (κ1) is 14.5. The molecule has 0 aromatic heterocycles. The van der Waals surface area contributed by atoms with Crippen LogP contribution in [0.1, 0.15) is 6.42 Å². The van der Waals surface area contributed by atoms with E-state index in [4.69, 9.17) is 21.1 Å². The predicted octanol–water partition coefficient (Wildman–Crippen LogP) is 4.23. The highest BCUT2D eigenvalue weighted by molar-refractivity contribution is 6.33. The van der Waals surface area contributed by atoms with Gasteiger partial charge in [0, 0.05) is 12.6 Å². The second-order valence-electron chi connectivity index (χ2n) is 4.29. The van der Waals surface area contributed by atoms with Crippen molar-refractivity contribution in [3.8, 4) is 11.5 Å². The number of hydrogen-bond acceptors (Lipinski definition) is 3. The van der Waals surface area contributed by atoms with Gasteiger partial charge in [0.2, 0.25) is 0 Å². The van der Waals surface area contributed by atoms with Crippen molar-refractivity contribution in [3.63, 3.8) is 0 Å². The molecule has 0 spiro atoms. The lowest BCUT2D eigenvalue weighted by Gasteiger charge is -2.10. The Bertz CT molecular complexity index is 531. The van der Waals surface area contributed by atoms with Crippen molar-refractivity contribution in [3.05, 3.63) is 53.6 Å². The molecule has 0 aliphatic heterocycles. The van der Waals surface area contributed by atoms with Gasteiger partial charge in [0.15, 0.2) is 0 Å². The van der Waals surface area contributed by atoms with Crippen LogP contribution in [0.3, 0.4) is 0 Å². The van der Waals surface area contributed by atoms with Crippen LogP contribution in [-0.2, 0) is 0 Å². The molecule has 4 heteroatoms. The van der Waals surface area contributed by atoms with Crippen molar-refractivity contribution in [1.82, 2.24) is 0 Å². The van der Waals surface area contributed by atoms with Gasteiger partial charge in [0.1, 0.15) is 11.5 Å². The number of halogens is 1. The molecule has 0 heterocycles. The number of para-hydroxylation sites is 1. The van der Waals surface area contributed by atoms with Crippen LogP contribution in [0.2, 0.25) is 5.02 Å². The summed E-state index contributed by atoms with van der Waals surface area (Å²) in [4.78, 5) is 0. The molecule has 0 atom stereocenters. The van der Waals surface area contributed by atoms with E-state index in [1.54, 1.807) is 7.11 Å². The van der Waals surface area contributed by atoms with Gasteiger partial charge in [-0.2, -0.15) is 0 Å². The Balaban J connectivity index is 1.73. The maximum absolute atomic E-state index is 6.11. The van der Waals surface area contributed by atoms with E-state index in [1.807, 2.05) is 48.5 Å².